The van der Waals surface area contributed by atoms with Crippen LogP contribution in [-0.2, 0) is 12.8 Å². The van der Waals surface area contributed by atoms with E-state index in [1.54, 1.807) is 0 Å². The molecule has 0 unspecified atom stereocenters. The minimum atomic E-state index is -0.959. The number of carboxylic acids is 2. The van der Waals surface area contributed by atoms with Crippen molar-refractivity contribution in [3.05, 3.63) is 45.0 Å². The van der Waals surface area contributed by atoms with Gasteiger partial charge in [-0.05, 0) is 55.4 Å². The highest BCUT2D eigenvalue weighted by Crippen LogP contribution is 2.37. The number of carbonyl (C=O) groups is 2. The number of aromatic carboxylic acids is 2. The topological polar surface area (TPSA) is 106 Å². The fraction of sp³-hybridized carbons (Fsp3) is 0.524. The first kappa shape index (κ1) is 20.8. The van der Waals surface area contributed by atoms with Crippen molar-refractivity contribution in [3.8, 4) is 0 Å². The molecule has 27 heavy (non-hydrogen) atoms. The molecule has 0 atom stereocenters. The molecule has 0 spiro atoms. The summed E-state index contributed by atoms with van der Waals surface area (Å²) in [5, 5.41) is 19.1. The van der Waals surface area contributed by atoms with Crippen molar-refractivity contribution in [2.75, 3.05) is 0 Å². The van der Waals surface area contributed by atoms with E-state index in [-0.39, 0.29) is 17.3 Å². The number of unbranched alkanes of at least 4 members (excludes halogenated alkanes) is 1. The third-order valence-corrected chi connectivity index (χ3v) is 5.51. The lowest BCUT2D eigenvalue weighted by Crippen LogP contribution is -2.07. The van der Waals surface area contributed by atoms with Crippen LogP contribution in [0.25, 0.3) is 0 Å². The van der Waals surface area contributed by atoms with E-state index in [2.05, 4.69) is 16.9 Å². The summed E-state index contributed by atoms with van der Waals surface area (Å²) >= 11 is 0. The maximum Gasteiger partial charge on any atom is 0.352 e. The fourth-order valence-electron chi connectivity index (χ4n) is 4.10. The average molecular weight is 374 g/mol. The van der Waals surface area contributed by atoms with Gasteiger partial charge >= 0.3 is 11.9 Å². The summed E-state index contributed by atoms with van der Waals surface area (Å²) in [4.78, 5) is 29.6. The third-order valence-electron chi connectivity index (χ3n) is 5.51. The normalized spacial score (nSPS) is 11.3. The van der Waals surface area contributed by atoms with Gasteiger partial charge in [-0.2, -0.15) is 0 Å². The third kappa shape index (κ3) is 3.80. The summed E-state index contributed by atoms with van der Waals surface area (Å²) < 4.78 is 0. The van der Waals surface area contributed by atoms with Crippen LogP contribution in [0.1, 0.15) is 101 Å². The van der Waals surface area contributed by atoms with Crippen molar-refractivity contribution >= 4 is 11.9 Å². The van der Waals surface area contributed by atoms with E-state index >= 15 is 0 Å². The first-order chi connectivity index (χ1) is 12.8. The van der Waals surface area contributed by atoms with Crippen molar-refractivity contribution in [3.63, 3.8) is 0 Å². The molecule has 2 heterocycles. The molecular weight excluding hydrogens is 344 g/mol. The van der Waals surface area contributed by atoms with Crippen LogP contribution in [0, 0.1) is 13.8 Å². The van der Waals surface area contributed by atoms with Crippen molar-refractivity contribution in [1.29, 1.82) is 0 Å². The van der Waals surface area contributed by atoms with Crippen LogP contribution >= 0.6 is 0 Å². The molecule has 0 amide bonds. The second kappa shape index (κ2) is 8.46. The van der Waals surface area contributed by atoms with Gasteiger partial charge in [-0.3, -0.25) is 0 Å². The monoisotopic (exact) mass is 374 g/mol. The second-order valence-corrected chi connectivity index (χ2v) is 7.05. The molecule has 0 fully saturated rings. The Morgan fingerprint density at radius 3 is 1.52 bits per heavy atom. The van der Waals surface area contributed by atoms with Gasteiger partial charge in [0.2, 0.25) is 0 Å². The molecule has 6 nitrogen and oxygen atoms in total. The molecule has 0 aliphatic heterocycles. The molecular formula is C21H30N2O4. The highest BCUT2D eigenvalue weighted by molar-refractivity contribution is 5.89. The Labute approximate surface area is 160 Å². The van der Waals surface area contributed by atoms with Crippen LogP contribution < -0.4 is 0 Å². The quantitative estimate of drug-likeness (QED) is 0.505. The number of carboxylic acid groups (broad SMARTS) is 2. The van der Waals surface area contributed by atoms with Gasteiger partial charge in [-0.25, -0.2) is 9.59 Å². The summed E-state index contributed by atoms with van der Waals surface area (Å²) in [5.41, 5.74) is 5.78. The maximum atomic E-state index is 11.7. The molecule has 0 radical (unpaired) electrons. The van der Waals surface area contributed by atoms with E-state index in [0.717, 1.165) is 52.9 Å². The fourth-order valence-corrected chi connectivity index (χ4v) is 4.10. The molecule has 0 aliphatic rings. The predicted molar refractivity (Wildman–Crippen MR) is 105 cm³/mol. The summed E-state index contributed by atoms with van der Waals surface area (Å²) in [7, 11) is 0. The number of rotatable bonds is 9. The van der Waals surface area contributed by atoms with Crippen LogP contribution in [0.3, 0.4) is 0 Å². The first-order valence-electron chi connectivity index (χ1n) is 9.67. The Hall–Kier alpha value is -2.50. The number of nitrogens with one attached hydrogen (secondary N) is 2. The molecule has 148 valence electrons. The van der Waals surface area contributed by atoms with E-state index in [1.807, 2.05) is 27.7 Å². The maximum absolute atomic E-state index is 11.7. The van der Waals surface area contributed by atoms with Crippen LogP contribution in [0.2, 0.25) is 0 Å². The lowest BCUT2D eigenvalue weighted by molar-refractivity contribution is 0.0679. The summed E-state index contributed by atoms with van der Waals surface area (Å²) in [6.45, 7) is 9.91. The highest BCUT2D eigenvalue weighted by atomic mass is 16.4. The average Bonchev–Trinajstić information content (AvgIpc) is 3.13. The standard InChI is InChI=1S/C21H30N2O4/c1-6-9-10-15(16-11(4)13(7-2)18(22-16)20(24)25)17-12(5)14(8-3)19(23-17)21(26)27/h15,22-23H,6-10H2,1-5H3,(H,24,25)(H,26,27). The molecule has 2 aromatic rings. The van der Waals surface area contributed by atoms with Crippen molar-refractivity contribution in [2.45, 2.75) is 72.6 Å². The number of hydrogen-bond donors (Lipinski definition) is 4. The molecule has 0 bridgehead atoms. The minimum absolute atomic E-state index is 0.0817. The Bertz CT molecular complexity index is 779. The Morgan fingerprint density at radius 1 is 0.852 bits per heavy atom. The lowest BCUT2D eigenvalue weighted by Gasteiger charge is -2.18. The lowest BCUT2D eigenvalue weighted by atomic mass is 9.89. The molecule has 4 N–H and O–H groups in total. The zero-order chi connectivity index (χ0) is 20.3. The molecule has 6 heteroatoms. The van der Waals surface area contributed by atoms with E-state index in [1.165, 1.54) is 0 Å². The van der Waals surface area contributed by atoms with E-state index in [0.29, 0.717) is 12.8 Å². The Balaban J connectivity index is 2.68. The van der Waals surface area contributed by atoms with Gasteiger partial charge in [-0.15, -0.1) is 0 Å². The molecule has 0 aliphatic carbocycles. The SMILES string of the molecule is CCCCC(c1[nH]c(C(=O)O)c(CC)c1C)c1[nH]c(C(=O)O)c(CC)c1C. The van der Waals surface area contributed by atoms with Crippen molar-refractivity contribution in [2.24, 2.45) is 0 Å². The van der Waals surface area contributed by atoms with E-state index < -0.39 is 11.9 Å². The van der Waals surface area contributed by atoms with E-state index in [9.17, 15) is 19.8 Å². The van der Waals surface area contributed by atoms with Gasteiger partial charge in [0.25, 0.3) is 0 Å². The minimum Gasteiger partial charge on any atom is -0.477 e. The predicted octanol–water partition coefficient (Wildman–Crippen LogP) is 4.80. The smallest absolute Gasteiger partial charge is 0.352 e. The highest BCUT2D eigenvalue weighted by Gasteiger charge is 2.28. The van der Waals surface area contributed by atoms with Crippen LogP contribution in [0.4, 0.5) is 0 Å². The molecule has 2 rings (SSSR count). The van der Waals surface area contributed by atoms with E-state index in [4.69, 9.17) is 0 Å². The zero-order valence-electron chi connectivity index (χ0n) is 16.8. The first-order valence-corrected chi connectivity index (χ1v) is 9.67. The Kier molecular flexibility index (Phi) is 6.52. The van der Waals surface area contributed by atoms with Gasteiger partial charge in [0, 0.05) is 17.3 Å². The van der Waals surface area contributed by atoms with Gasteiger partial charge in [-0.1, -0.05) is 33.6 Å². The van der Waals surface area contributed by atoms with Crippen LogP contribution in [0.5, 0.6) is 0 Å². The van der Waals surface area contributed by atoms with Crippen molar-refractivity contribution in [1.82, 2.24) is 9.97 Å². The summed E-state index contributed by atoms with van der Waals surface area (Å²) in [5.74, 6) is -2.00. The molecule has 2 aromatic heterocycles. The van der Waals surface area contributed by atoms with Gasteiger partial charge in [0.15, 0.2) is 0 Å². The Morgan fingerprint density at radius 2 is 1.26 bits per heavy atom. The van der Waals surface area contributed by atoms with Gasteiger partial charge in [0.05, 0.1) is 0 Å². The van der Waals surface area contributed by atoms with Crippen LogP contribution in [0.15, 0.2) is 0 Å². The summed E-state index contributed by atoms with van der Waals surface area (Å²) in [6.07, 6.45) is 4.07. The molecule has 0 aromatic carbocycles. The van der Waals surface area contributed by atoms with Gasteiger partial charge in [0.1, 0.15) is 11.4 Å². The number of aromatic amines is 2. The second-order valence-electron chi connectivity index (χ2n) is 7.05. The number of aromatic nitrogens is 2. The zero-order valence-corrected chi connectivity index (χ0v) is 16.8. The molecule has 0 saturated carbocycles. The van der Waals surface area contributed by atoms with Gasteiger partial charge < -0.3 is 20.2 Å². The summed E-state index contributed by atoms with van der Waals surface area (Å²) in [6, 6.07) is 0. The molecule has 0 saturated heterocycles. The number of hydrogen-bond acceptors (Lipinski definition) is 2. The van der Waals surface area contributed by atoms with Crippen LogP contribution in [-0.4, -0.2) is 32.1 Å². The van der Waals surface area contributed by atoms with Crippen molar-refractivity contribution < 1.29 is 19.8 Å². The largest absolute Gasteiger partial charge is 0.477 e. The number of H-pyrrole nitrogens is 2.